The van der Waals surface area contributed by atoms with Crippen molar-refractivity contribution in [1.82, 2.24) is 0 Å². The van der Waals surface area contributed by atoms with E-state index in [2.05, 4.69) is 0 Å². The number of hydrogen-bond acceptors (Lipinski definition) is 5. The predicted octanol–water partition coefficient (Wildman–Crippen LogP) is 1.94. The summed E-state index contributed by atoms with van der Waals surface area (Å²) in [5.41, 5.74) is 0. The second kappa shape index (κ2) is 8.09. The van der Waals surface area contributed by atoms with Crippen molar-refractivity contribution in [2.75, 3.05) is 6.61 Å². The van der Waals surface area contributed by atoms with Gasteiger partial charge in [0.05, 0.1) is 0 Å². The number of ketones is 2. The number of benzene rings is 1. The minimum Gasteiger partial charge on any atom is -0.482 e. The minimum absolute atomic E-state index is 0.205. The first-order chi connectivity index (χ1) is 9.54. The first-order valence-electron chi connectivity index (χ1n) is 6.45. The molecule has 5 heteroatoms. The summed E-state index contributed by atoms with van der Waals surface area (Å²) < 4.78 is 10.1. The summed E-state index contributed by atoms with van der Waals surface area (Å²) in [6, 6.07) is 8.74. The van der Waals surface area contributed by atoms with Crippen LogP contribution in [-0.2, 0) is 19.1 Å². The van der Waals surface area contributed by atoms with Crippen molar-refractivity contribution in [3.05, 3.63) is 30.3 Å². The van der Waals surface area contributed by atoms with Gasteiger partial charge in [0.25, 0.3) is 0 Å². The molecule has 0 bridgehead atoms. The Kier molecular flexibility index (Phi) is 6.43. The van der Waals surface area contributed by atoms with Crippen molar-refractivity contribution in [2.45, 2.75) is 32.8 Å². The Morgan fingerprint density at radius 3 is 2.35 bits per heavy atom. The fraction of sp³-hybridized carbons (Fsp3) is 0.400. The van der Waals surface area contributed by atoms with Gasteiger partial charge < -0.3 is 9.47 Å². The lowest BCUT2D eigenvalue weighted by molar-refractivity contribution is -0.161. The quantitative estimate of drug-likeness (QED) is 0.537. The minimum atomic E-state index is -1.32. The molecule has 0 aliphatic heterocycles. The summed E-state index contributed by atoms with van der Waals surface area (Å²) in [4.78, 5) is 34.6. The maximum Gasteiger partial charge on any atom is 0.345 e. The number of carbonyl (C=O) groups excluding carboxylic acids is 3. The highest BCUT2D eigenvalue weighted by atomic mass is 16.6. The van der Waals surface area contributed by atoms with Crippen LogP contribution in [0.2, 0.25) is 0 Å². The molecule has 1 unspecified atom stereocenters. The maximum atomic E-state index is 11.7. The zero-order chi connectivity index (χ0) is 15.0. The Bertz CT molecular complexity index is 466. The lowest BCUT2D eigenvalue weighted by Crippen LogP contribution is -2.35. The van der Waals surface area contributed by atoms with Gasteiger partial charge in [-0.15, -0.1) is 0 Å². The van der Waals surface area contributed by atoms with E-state index in [1.807, 2.05) is 13.0 Å². The van der Waals surface area contributed by atoms with Crippen LogP contribution in [0, 0.1) is 0 Å². The van der Waals surface area contributed by atoms with Crippen LogP contribution in [0.5, 0.6) is 5.75 Å². The van der Waals surface area contributed by atoms with Gasteiger partial charge in [0.1, 0.15) is 5.75 Å². The molecule has 0 saturated heterocycles. The third kappa shape index (κ3) is 5.22. The van der Waals surface area contributed by atoms with Crippen molar-refractivity contribution in [3.63, 3.8) is 0 Å². The number of para-hydroxylation sites is 1. The molecule has 1 atom stereocenters. The van der Waals surface area contributed by atoms with Crippen molar-refractivity contribution in [1.29, 1.82) is 0 Å². The first-order valence-corrected chi connectivity index (χ1v) is 6.45. The standard InChI is InChI=1S/C15H18O5/c1-3-7-13(17)15(11(2)16)20-14(18)10-19-12-8-5-4-6-9-12/h4-6,8-9,15H,3,7,10H2,1-2H3. The molecule has 0 fully saturated rings. The largest absolute Gasteiger partial charge is 0.482 e. The van der Waals surface area contributed by atoms with Crippen molar-refractivity contribution >= 4 is 17.5 Å². The fourth-order valence-corrected chi connectivity index (χ4v) is 1.58. The van der Waals surface area contributed by atoms with Crippen LogP contribution in [0.25, 0.3) is 0 Å². The summed E-state index contributed by atoms with van der Waals surface area (Å²) in [5, 5.41) is 0. The summed E-state index contributed by atoms with van der Waals surface area (Å²) >= 11 is 0. The van der Waals surface area contributed by atoms with Gasteiger partial charge in [0.15, 0.2) is 18.2 Å². The van der Waals surface area contributed by atoms with E-state index in [4.69, 9.17) is 9.47 Å². The van der Waals surface area contributed by atoms with Crippen LogP contribution < -0.4 is 4.74 Å². The number of rotatable bonds is 8. The summed E-state index contributed by atoms with van der Waals surface area (Å²) in [5.74, 6) is -1.08. The average Bonchev–Trinajstić information content (AvgIpc) is 2.43. The molecule has 0 amide bonds. The molecule has 1 rings (SSSR count). The van der Waals surface area contributed by atoms with Crippen LogP contribution in [0.4, 0.5) is 0 Å². The van der Waals surface area contributed by atoms with E-state index >= 15 is 0 Å². The summed E-state index contributed by atoms with van der Waals surface area (Å²) in [6.07, 6.45) is -0.514. The molecule has 0 aliphatic rings. The van der Waals surface area contributed by atoms with Crippen LogP contribution in [0.3, 0.4) is 0 Å². The Morgan fingerprint density at radius 1 is 1.15 bits per heavy atom. The van der Waals surface area contributed by atoms with E-state index in [-0.39, 0.29) is 18.8 Å². The van der Waals surface area contributed by atoms with E-state index in [0.29, 0.717) is 12.2 Å². The van der Waals surface area contributed by atoms with Gasteiger partial charge >= 0.3 is 5.97 Å². The molecule has 0 aliphatic carbocycles. The topological polar surface area (TPSA) is 69.7 Å². The van der Waals surface area contributed by atoms with Gasteiger partial charge in [-0.1, -0.05) is 25.1 Å². The van der Waals surface area contributed by atoms with Gasteiger partial charge in [-0.3, -0.25) is 9.59 Å². The third-order valence-electron chi connectivity index (χ3n) is 2.51. The van der Waals surface area contributed by atoms with Crippen molar-refractivity contribution < 1.29 is 23.9 Å². The molecule has 0 aromatic heterocycles. The second-order valence-electron chi connectivity index (χ2n) is 4.30. The molecule has 0 radical (unpaired) electrons. The van der Waals surface area contributed by atoms with E-state index < -0.39 is 17.9 Å². The highest BCUT2D eigenvalue weighted by molar-refractivity contribution is 6.05. The SMILES string of the molecule is CCCC(=O)C(OC(=O)COc1ccccc1)C(C)=O. The summed E-state index contributed by atoms with van der Waals surface area (Å²) in [7, 11) is 0. The van der Waals surface area contributed by atoms with Gasteiger partial charge in [-0.2, -0.15) is 0 Å². The Labute approximate surface area is 117 Å². The lowest BCUT2D eigenvalue weighted by atomic mass is 10.1. The Balaban J connectivity index is 2.50. The number of hydrogen-bond donors (Lipinski definition) is 0. The molecule has 1 aromatic carbocycles. The molecule has 0 saturated carbocycles. The highest BCUT2D eigenvalue weighted by Crippen LogP contribution is 2.09. The van der Waals surface area contributed by atoms with E-state index in [0.717, 1.165) is 0 Å². The number of esters is 1. The zero-order valence-electron chi connectivity index (χ0n) is 11.6. The van der Waals surface area contributed by atoms with Crippen LogP contribution in [-0.4, -0.2) is 30.2 Å². The normalized spacial score (nSPS) is 11.5. The second-order valence-corrected chi connectivity index (χ2v) is 4.30. The van der Waals surface area contributed by atoms with E-state index in [1.54, 1.807) is 24.3 Å². The molecule has 0 spiro atoms. The molecule has 5 nitrogen and oxygen atoms in total. The van der Waals surface area contributed by atoms with Crippen LogP contribution >= 0.6 is 0 Å². The maximum absolute atomic E-state index is 11.7. The monoisotopic (exact) mass is 278 g/mol. The fourth-order valence-electron chi connectivity index (χ4n) is 1.58. The van der Waals surface area contributed by atoms with Gasteiger partial charge in [-0.05, 0) is 25.5 Å². The Hall–Kier alpha value is -2.17. The van der Waals surface area contributed by atoms with E-state index in [1.165, 1.54) is 6.92 Å². The van der Waals surface area contributed by atoms with Crippen molar-refractivity contribution in [2.24, 2.45) is 0 Å². The lowest BCUT2D eigenvalue weighted by Gasteiger charge is -2.14. The average molecular weight is 278 g/mol. The molecule has 1 aromatic rings. The molecular formula is C15H18O5. The molecule has 20 heavy (non-hydrogen) atoms. The first kappa shape index (κ1) is 15.9. The van der Waals surface area contributed by atoms with Gasteiger partial charge in [0.2, 0.25) is 6.10 Å². The van der Waals surface area contributed by atoms with Crippen LogP contribution in [0.1, 0.15) is 26.7 Å². The molecule has 0 heterocycles. The number of Topliss-reactive ketones (excluding diaryl/α,β-unsaturated/α-hetero) is 2. The third-order valence-corrected chi connectivity index (χ3v) is 2.51. The number of ether oxygens (including phenoxy) is 2. The smallest absolute Gasteiger partial charge is 0.345 e. The zero-order valence-corrected chi connectivity index (χ0v) is 11.6. The van der Waals surface area contributed by atoms with E-state index in [9.17, 15) is 14.4 Å². The number of carbonyl (C=O) groups is 3. The van der Waals surface area contributed by atoms with Gasteiger partial charge in [0, 0.05) is 6.42 Å². The summed E-state index contributed by atoms with van der Waals surface area (Å²) in [6.45, 7) is 2.70. The van der Waals surface area contributed by atoms with Crippen molar-refractivity contribution in [3.8, 4) is 5.75 Å². The predicted molar refractivity (Wildman–Crippen MR) is 72.4 cm³/mol. The Morgan fingerprint density at radius 2 is 1.80 bits per heavy atom. The van der Waals surface area contributed by atoms with Gasteiger partial charge in [-0.25, -0.2) is 4.79 Å². The molecule has 0 N–H and O–H groups in total. The molecule has 108 valence electrons. The van der Waals surface area contributed by atoms with Crippen LogP contribution in [0.15, 0.2) is 30.3 Å². The highest BCUT2D eigenvalue weighted by Gasteiger charge is 2.26. The molecular weight excluding hydrogens is 260 g/mol.